The van der Waals surface area contributed by atoms with Gasteiger partial charge in [-0.2, -0.15) is 0 Å². The zero-order chi connectivity index (χ0) is 19.3. The van der Waals surface area contributed by atoms with Crippen molar-refractivity contribution in [2.45, 2.75) is 58.0 Å². The van der Waals surface area contributed by atoms with Gasteiger partial charge in [-0.25, -0.2) is 4.39 Å². The minimum atomic E-state index is -0.788. The molecule has 1 saturated heterocycles. The van der Waals surface area contributed by atoms with E-state index in [-0.39, 0.29) is 18.3 Å². The summed E-state index contributed by atoms with van der Waals surface area (Å²) in [5, 5.41) is 0. The largest absolute Gasteiger partial charge is 0.457 e. The molecule has 0 spiro atoms. The van der Waals surface area contributed by atoms with Gasteiger partial charge in [-0.3, -0.25) is 9.59 Å². The summed E-state index contributed by atoms with van der Waals surface area (Å²) in [6.07, 6.45) is -1.37. The molecule has 2 rings (SSSR count). The van der Waals surface area contributed by atoms with Crippen LogP contribution < -0.4 is 5.73 Å². The molecule has 0 aliphatic carbocycles. The SMILES string of the molecule is CC(C)C(=O)O[C@H]1[C@H](C)OC(=O)[C@@H](N)CCO[C@@H]1Cc1ccc(F)cc1. The van der Waals surface area contributed by atoms with Crippen molar-refractivity contribution in [2.75, 3.05) is 6.61 Å². The van der Waals surface area contributed by atoms with E-state index in [9.17, 15) is 14.0 Å². The number of nitrogens with two attached hydrogens (primary N) is 1. The number of benzene rings is 1. The van der Waals surface area contributed by atoms with E-state index in [1.165, 1.54) is 12.1 Å². The van der Waals surface area contributed by atoms with Crippen LogP contribution in [0.15, 0.2) is 24.3 Å². The molecule has 7 heteroatoms. The van der Waals surface area contributed by atoms with Crippen LogP contribution in [0.5, 0.6) is 0 Å². The molecule has 144 valence electrons. The smallest absolute Gasteiger partial charge is 0.323 e. The molecule has 1 heterocycles. The van der Waals surface area contributed by atoms with Crippen LogP contribution >= 0.6 is 0 Å². The van der Waals surface area contributed by atoms with Crippen LogP contribution in [-0.4, -0.2) is 42.9 Å². The van der Waals surface area contributed by atoms with Crippen LogP contribution in [0, 0.1) is 11.7 Å². The molecule has 1 fully saturated rings. The maximum absolute atomic E-state index is 13.2. The number of carbonyl (C=O) groups is 2. The Morgan fingerprint density at radius 1 is 1.35 bits per heavy atom. The number of rotatable bonds is 4. The van der Waals surface area contributed by atoms with Gasteiger partial charge in [0.05, 0.1) is 5.92 Å². The number of cyclic esters (lactones) is 1. The van der Waals surface area contributed by atoms with E-state index in [1.807, 2.05) is 0 Å². The predicted molar refractivity (Wildman–Crippen MR) is 92.7 cm³/mol. The van der Waals surface area contributed by atoms with Gasteiger partial charge in [-0.15, -0.1) is 0 Å². The van der Waals surface area contributed by atoms with E-state index in [0.29, 0.717) is 12.8 Å². The highest BCUT2D eigenvalue weighted by Crippen LogP contribution is 2.21. The first-order chi connectivity index (χ1) is 12.3. The molecule has 26 heavy (non-hydrogen) atoms. The van der Waals surface area contributed by atoms with Crippen molar-refractivity contribution in [1.82, 2.24) is 0 Å². The number of esters is 2. The van der Waals surface area contributed by atoms with Crippen LogP contribution in [-0.2, 0) is 30.2 Å². The van der Waals surface area contributed by atoms with E-state index < -0.39 is 36.3 Å². The molecule has 1 aromatic rings. The van der Waals surface area contributed by atoms with Crippen LogP contribution in [0.25, 0.3) is 0 Å². The Hall–Kier alpha value is -1.99. The second kappa shape index (κ2) is 9.09. The van der Waals surface area contributed by atoms with Crippen molar-refractivity contribution in [3.63, 3.8) is 0 Å². The van der Waals surface area contributed by atoms with Crippen molar-refractivity contribution in [2.24, 2.45) is 11.7 Å². The van der Waals surface area contributed by atoms with Gasteiger partial charge in [0.25, 0.3) is 0 Å². The number of halogens is 1. The normalized spacial score (nSPS) is 27.2. The van der Waals surface area contributed by atoms with Crippen molar-refractivity contribution < 1.29 is 28.2 Å². The lowest BCUT2D eigenvalue weighted by Gasteiger charge is -2.31. The molecule has 0 bridgehead atoms. The molecular weight excluding hydrogens is 341 g/mol. The molecule has 0 amide bonds. The van der Waals surface area contributed by atoms with Gasteiger partial charge < -0.3 is 19.9 Å². The Kier molecular flexibility index (Phi) is 7.11. The maximum atomic E-state index is 13.2. The topological polar surface area (TPSA) is 87.9 Å². The highest BCUT2D eigenvalue weighted by molar-refractivity contribution is 5.76. The summed E-state index contributed by atoms with van der Waals surface area (Å²) in [7, 11) is 0. The molecule has 1 aliphatic heterocycles. The first kappa shape index (κ1) is 20.3. The monoisotopic (exact) mass is 367 g/mol. The molecule has 4 atom stereocenters. The van der Waals surface area contributed by atoms with Gasteiger partial charge in [0, 0.05) is 13.0 Å². The van der Waals surface area contributed by atoms with E-state index in [0.717, 1.165) is 5.56 Å². The summed E-state index contributed by atoms with van der Waals surface area (Å²) in [6.45, 7) is 5.32. The second-order valence-electron chi connectivity index (χ2n) is 6.83. The highest BCUT2D eigenvalue weighted by atomic mass is 19.1. The number of carbonyl (C=O) groups excluding carboxylic acids is 2. The van der Waals surface area contributed by atoms with E-state index in [4.69, 9.17) is 19.9 Å². The van der Waals surface area contributed by atoms with Crippen LogP contribution in [0.1, 0.15) is 32.8 Å². The Balaban J connectivity index is 2.25. The lowest BCUT2D eigenvalue weighted by molar-refractivity contribution is -0.179. The fourth-order valence-electron chi connectivity index (χ4n) is 2.67. The Labute approximate surface area is 152 Å². The number of ether oxygens (including phenoxy) is 3. The molecule has 1 aromatic carbocycles. The average molecular weight is 367 g/mol. The molecule has 1 aliphatic rings. The van der Waals surface area contributed by atoms with Crippen LogP contribution in [0.2, 0.25) is 0 Å². The molecule has 0 unspecified atom stereocenters. The summed E-state index contributed by atoms with van der Waals surface area (Å²) in [6, 6.07) is 5.23. The Morgan fingerprint density at radius 2 is 2.00 bits per heavy atom. The van der Waals surface area contributed by atoms with Crippen molar-refractivity contribution in [1.29, 1.82) is 0 Å². The van der Waals surface area contributed by atoms with Gasteiger partial charge >= 0.3 is 11.9 Å². The summed E-state index contributed by atoms with van der Waals surface area (Å²) >= 11 is 0. The molecule has 0 saturated carbocycles. The molecule has 2 N–H and O–H groups in total. The van der Waals surface area contributed by atoms with E-state index >= 15 is 0 Å². The Bertz CT molecular complexity index is 619. The third-order valence-corrected chi connectivity index (χ3v) is 4.27. The quantitative estimate of drug-likeness (QED) is 0.819. The van der Waals surface area contributed by atoms with Gasteiger partial charge in [0.15, 0.2) is 6.10 Å². The zero-order valence-electron chi connectivity index (χ0n) is 15.3. The lowest BCUT2D eigenvalue weighted by atomic mass is 10.00. The first-order valence-electron chi connectivity index (χ1n) is 8.80. The highest BCUT2D eigenvalue weighted by Gasteiger charge is 2.36. The van der Waals surface area contributed by atoms with Crippen molar-refractivity contribution >= 4 is 11.9 Å². The standard InChI is InChI=1S/C19H26FNO5/c1-11(2)18(22)26-17-12(3)25-19(23)15(21)8-9-24-16(17)10-13-4-6-14(20)7-5-13/h4-7,11-12,15-17H,8-10,21H2,1-3H3/t12-,15-,16+,17-/m0/s1. The molecule has 0 aromatic heterocycles. The van der Waals surface area contributed by atoms with Crippen molar-refractivity contribution in [3.05, 3.63) is 35.6 Å². The second-order valence-corrected chi connectivity index (χ2v) is 6.83. The van der Waals surface area contributed by atoms with Crippen molar-refractivity contribution in [3.8, 4) is 0 Å². The third-order valence-electron chi connectivity index (χ3n) is 4.27. The summed E-state index contributed by atoms with van der Waals surface area (Å²) in [5.74, 6) is -1.62. The van der Waals surface area contributed by atoms with Gasteiger partial charge in [0.2, 0.25) is 0 Å². The Morgan fingerprint density at radius 3 is 2.62 bits per heavy atom. The minimum absolute atomic E-state index is 0.227. The first-order valence-corrected chi connectivity index (χ1v) is 8.80. The predicted octanol–water partition coefficient (Wildman–Crippen LogP) is 1.98. The summed E-state index contributed by atoms with van der Waals surface area (Å²) < 4.78 is 30.0. The number of hydrogen-bond acceptors (Lipinski definition) is 6. The summed E-state index contributed by atoms with van der Waals surface area (Å²) in [5.41, 5.74) is 6.61. The van der Waals surface area contributed by atoms with Gasteiger partial charge in [-0.1, -0.05) is 26.0 Å². The van der Waals surface area contributed by atoms with Crippen LogP contribution in [0.3, 0.4) is 0 Å². The fourth-order valence-corrected chi connectivity index (χ4v) is 2.67. The molecular formula is C19H26FNO5. The van der Waals surface area contributed by atoms with Crippen LogP contribution in [0.4, 0.5) is 4.39 Å². The minimum Gasteiger partial charge on any atom is -0.457 e. The van der Waals surface area contributed by atoms with E-state index in [1.54, 1.807) is 32.9 Å². The average Bonchev–Trinajstić information content (AvgIpc) is 2.63. The fraction of sp³-hybridized carbons (Fsp3) is 0.579. The molecule has 0 radical (unpaired) electrons. The zero-order valence-corrected chi connectivity index (χ0v) is 15.3. The molecule has 6 nitrogen and oxygen atoms in total. The maximum Gasteiger partial charge on any atom is 0.323 e. The lowest BCUT2D eigenvalue weighted by Crippen LogP contribution is -2.45. The van der Waals surface area contributed by atoms with E-state index in [2.05, 4.69) is 0 Å². The van der Waals surface area contributed by atoms with Gasteiger partial charge in [-0.05, 0) is 31.0 Å². The number of hydrogen-bond donors (Lipinski definition) is 1. The third kappa shape index (κ3) is 5.51. The summed E-state index contributed by atoms with van der Waals surface area (Å²) in [4.78, 5) is 24.1. The van der Waals surface area contributed by atoms with Gasteiger partial charge in [0.1, 0.15) is 24.1 Å².